The molecule has 1 rings (SSSR count). The van der Waals surface area contributed by atoms with Crippen molar-refractivity contribution >= 4 is 0 Å². The lowest BCUT2D eigenvalue weighted by Crippen LogP contribution is -2.31. The van der Waals surface area contributed by atoms with Gasteiger partial charge in [-0.05, 0) is 48.5 Å². The second-order valence-electron chi connectivity index (χ2n) is 4.47. The smallest absolute Gasteiger partial charge is 0.115 e. The highest BCUT2D eigenvalue weighted by molar-refractivity contribution is 5.29. The molecule has 0 spiro atoms. The first-order chi connectivity index (χ1) is 7.60. The second-order valence-corrected chi connectivity index (χ2v) is 4.47. The summed E-state index contributed by atoms with van der Waals surface area (Å²) in [5.41, 5.74) is 12.5. The van der Waals surface area contributed by atoms with Crippen LogP contribution in [0.2, 0.25) is 0 Å². The molecule has 5 N–H and O–H groups in total. The minimum atomic E-state index is 0.314. The van der Waals surface area contributed by atoms with Crippen LogP contribution in [0.15, 0.2) is 24.3 Å². The summed E-state index contributed by atoms with van der Waals surface area (Å²) in [7, 11) is 0. The van der Waals surface area contributed by atoms with E-state index >= 15 is 0 Å². The van der Waals surface area contributed by atoms with Gasteiger partial charge in [0.1, 0.15) is 5.75 Å². The van der Waals surface area contributed by atoms with Crippen molar-refractivity contribution in [3.05, 3.63) is 29.8 Å². The van der Waals surface area contributed by atoms with E-state index in [0.717, 1.165) is 5.56 Å². The third kappa shape index (κ3) is 2.97. The van der Waals surface area contributed by atoms with E-state index < -0.39 is 0 Å². The maximum absolute atomic E-state index is 9.45. The fraction of sp³-hybridized carbons (Fsp3) is 0.538. The standard InChI is InChI=1S/C13H22N2O/c1-9(10(2)12(7-14)8-15)11-4-3-5-13(16)6-11/h3-6,9-10,12,16H,7-8,14-15H2,1-2H3. The zero-order valence-electron chi connectivity index (χ0n) is 10.1. The summed E-state index contributed by atoms with van der Waals surface area (Å²) in [6.45, 7) is 5.54. The fourth-order valence-electron chi connectivity index (χ4n) is 2.05. The van der Waals surface area contributed by atoms with Gasteiger partial charge in [0.2, 0.25) is 0 Å². The van der Waals surface area contributed by atoms with E-state index in [1.807, 2.05) is 18.2 Å². The third-order valence-electron chi connectivity index (χ3n) is 3.53. The first-order valence-electron chi connectivity index (χ1n) is 5.79. The molecule has 0 aromatic heterocycles. The molecule has 1 aromatic carbocycles. The molecule has 2 unspecified atom stereocenters. The number of rotatable bonds is 5. The van der Waals surface area contributed by atoms with Gasteiger partial charge in [-0.25, -0.2) is 0 Å². The monoisotopic (exact) mass is 222 g/mol. The van der Waals surface area contributed by atoms with Gasteiger partial charge in [0, 0.05) is 0 Å². The lowest BCUT2D eigenvalue weighted by Gasteiger charge is -2.27. The summed E-state index contributed by atoms with van der Waals surface area (Å²) in [4.78, 5) is 0. The van der Waals surface area contributed by atoms with E-state index in [-0.39, 0.29) is 0 Å². The Bertz CT molecular complexity index is 323. The summed E-state index contributed by atoms with van der Waals surface area (Å²) in [5.74, 6) is 1.41. The van der Waals surface area contributed by atoms with Crippen LogP contribution in [0, 0.1) is 11.8 Å². The van der Waals surface area contributed by atoms with Crippen molar-refractivity contribution in [3.8, 4) is 5.75 Å². The van der Waals surface area contributed by atoms with E-state index in [1.54, 1.807) is 6.07 Å². The number of hydrogen-bond donors (Lipinski definition) is 3. The number of phenols is 1. The molecule has 1 aromatic rings. The van der Waals surface area contributed by atoms with Crippen LogP contribution in [0.3, 0.4) is 0 Å². The predicted molar refractivity (Wildman–Crippen MR) is 67.3 cm³/mol. The van der Waals surface area contributed by atoms with Crippen LogP contribution < -0.4 is 11.5 Å². The van der Waals surface area contributed by atoms with Crippen LogP contribution in [-0.2, 0) is 0 Å². The Balaban J connectivity index is 2.80. The van der Waals surface area contributed by atoms with Crippen LogP contribution in [-0.4, -0.2) is 18.2 Å². The van der Waals surface area contributed by atoms with Gasteiger partial charge in [0.15, 0.2) is 0 Å². The van der Waals surface area contributed by atoms with Gasteiger partial charge in [0.05, 0.1) is 0 Å². The number of nitrogens with two attached hydrogens (primary N) is 2. The van der Waals surface area contributed by atoms with Gasteiger partial charge in [-0.1, -0.05) is 26.0 Å². The van der Waals surface area contributed by atoms with E-state index in [1.165, 1.54) is 0 Å². The molecule has 0 bridgehead atoms. The quantitative estimate of drug-likeness (QED) is 0.709. The number of hydrogen-bond acceptors (Lipinski definition) is 3. The maximum Gasteiger partial charge on any atom is 0.115 e. The van der Waals surface area contributed by atoms with Crippen LogP contribution >= 0.6 is 0 Å². The van der Waals surface area contributed by atoms with Crippen LogP contribution in [0.1, 0.15) is 25.3 Å². The molecule has 0 aliphatic rings. The number of aromatic hydroxyl groups is 1. The summed E-state index contributed by atoms with van der Waals surface area (Å²) < 4.78 is 0. The first-order valence-corrected chi connectivity index (χ1v) is 5.79. The summed E-state index contributed by atoms with van der Waals surface area (Å²) in [6, 6.07) is 7.40. The summed E-state index contributed by atoms with van der Waals surface area (Å²) in [5, 5.41) is 9.45. The van der Waals surface area contributed by atoms with Gasteiger partial charge >= 0.3 is 0 Å². The second kappa shape index (κ2) is 5.87. The van der Waals surface area contributed by atoms with Gasteiger partial charge in [-0.3, -0.25) is 0 Å². The van der Waals surface area contributed by atoms with Crippen molar-refractivity contribution in [1.82, 2.24) is 0 Å². The Morgan fingerprint density at radius 3 is 2.31 bits per heavy atom. The van der Waals surface area contributed by atoms with Crippen molar-refractivity contribution < 1.29 is 5.11 Å². The minimum absolute atomic E-state index is 0.314. The molecule has 3 heteroatoms. The van der Waals surface area contributed by atoms with E-state index in [2.05, 4.69) is 13.8 Å². The molecule has 0 fully saturated rings. The first kappa shape index (κ1) is 13.0. The molecule has 0 saturated carbocycles. The molecule has 0 heterocycles. The lowest BCUT2D eigenvalue weighted by molar-refractivity contribution is 0.328. The maximum atomic E-state index is 9.45. The zero-order valence-corrected chi connectivity index (χ0v) is 10.1. The third-order valence-corrected chi connectivity index (χ3v) is 3.53. The molecule has 3 nitrogen and oxygen atoms in total. The van der Waals surface area contributed by atoms with Gasteiger partial charge < -0.3 is 16.6 Å². The van der Waals surface area contributed by atoms with Crippen molar-refractivity contribution in [3.63, 3.8) is 0 Å². The molecule has 2 atom stereocenters. The molecule has 90 valence electrons. The normalized spacial score (nSPS) is 15.1. The van der Waals surface area contributed by atoms with Crippen molar-refractivity contribution in [2.75, 3.05) is 13.1 Å². The molecule has 0 aliphatic heterocycles. The van der Waals surface area contributed by atoms with Gasteiger partial charge in [-0.2, -0.15) is 0 Å². The Labute approximate surface area is 97.5 Å². The van der Waals surface area contributed by atoms with Gasteiger partial charge in [-0.15, -0.1) is 0 Å². The predicted octanol–water partition coefficient (Wildman–Crippen LogP) is 1.67. The zero-order chi connectivity index (χ0) is 12.1. The molecule has 16 heavy (non-hydrogen) atoms. The minimum Gasteiger partial charge on any atom is -0.508 e. The largest absolute Gasteiger partial charge is 0.508 e. The van der Waals surface area contributed by atoms with E-state index in [0.29, 0.717) is 36.6 Å². The molecule has 0 radical (unpaired) electrons. The Kier molecular flexibility index (Phi) is 4.77. The van der Waals surface area contributed by atoms with E-state index in [4.69, 9.17) is 11.5 Å². The topological polar surface area (TPSA) is 72.3 Å². The SMILES string of the molecule is CC(c1cccc(O)c1)C(C)C(CN)CN. The van der Waals surface area contributed by atoms with Crippen LogP contribution in [0.25, 0.3) is 0 Å². The number of phenolic OH excluding ortho intramolecular Hbond substituents is 1. The Morgan fingerprint density at radius 2 is 1.81 bits per heavy atom. The molecular formula is C13H22N2O. The Morgan fingerprint density at radius 1 is 1.19 bits per heavy atom. The molecular weight excluding hydrogens is 200 g/mol. The van der Waals surface area contributed by atoms with Crippen molar-refractivity contribution in [1.29, 1.82) is 0 Å². The molecule has 0 amide bonds. The number of benzene rings is 1. The summed E-state index contributed by atoms with van der Waals surface area (Å²) >= 11 is 0. The fourth-order valence-corrected chi connectivity index (χ4v) is 2.05. The molecule has 0 saturated heterocycles. The summed E-state index contributed by atoms with van der Waals surface area (Å²) in [6.07, 6.45) is 0. The highest BCUT2D eigenvalue weighted by atomic mass is 16.3. The van der Waals surface area contributed by atoms with Crippen molar-refractivity contribution in [2.45, 2.75) is 19.8 Å². The van der Waals surface area contributed by atoms with Crippen molar-refractivity contribution in [2.24, 2.45) is 23.3 Å². The highest BCUT2D eigenvalue weighted by Gasteiger charge is 2.21. The lowest BCUT2D eigenvalue weighted by atomic mass is 9.80. The van der Waals surface area contributed by atoms with Gasteiger partial charge in [0.25, 0.3) is 0 Å². The average Bonchev–Trinajstić information content (AvgIpc) is 2.29. The average molecular weight is 222 g/mol. The van der Waals surface area contributed by atoms with E-state index in [9.17, 15) is 5.11 Å². The molecule has 0 aliphatic carbocycles. The Hall–Kier alpha value is -1.06. The van der Waals surface area contributed by atoms with Crippen LogP contribution in [0.4, 0.5) is 0 Å². The van der Waals surface area contributed by atoms with Crippen LogP contribution in [0.5, 0.6) is 5.75 Å². The highest BCUT2D eigenvalue weighted by Crippen LogP contribution is 2.30.